The SMILES string of the molecule is COC(=O)C(Cc1cc(NN=C(C#N)C#N)ccc1Cl)NC(C)=O. The fourth-order valence-electron chi connectivity index (χ4n) is 1.80. The Hall–Kier alpha value is -3.10. The Kier molecular flexibility index (Phi) is 7.21. The number of amides is 1. The minimum Gasteiger partial charge on any atom is -0.467 e. The molecule has 0 bridgehead atoms. The lowest BCUT2D eigenvalue weighted by Crippen LogP contribution is -2.42. The van der Waals surface area contributed by atoms with E-state index in [0.717, 1.165) is 0 Å². The van der Waals surface area contributed by atoms with Crippen LogP contribution < -0.4 is 10.7 Å². The number of nitrogens with one attached hydrogen (secondary N) is 2. The second-order valence-electron chi connectivity index (χ2n) is 4.58. The third-order valence-electron chi connectivity index (χ3n) is 2.84. The van der Waals surface area contributed by atoms with Crippen LogP contribution in [0.25, 0.3) is 0 Å². The monoisotopic (exact) mass is 347 g/mol. The van der Waals surface area contributed by atoms with E-state index in [0.29, 0.717) is 16.3 Å². The van der Waals surface area contributed by atoms with E-state index < -0.39 is 12.0 Å². The summed E-state index contributed by atoms with van der Waals surface area (Å²) >= 11 is 6.11. The van der Waals surface area contributed by atoms with Crippen LogP contribution in [-0.4, -0.2) is 30.7 Å². The molecule has 0 spiro atoms. The second-order valence-corrected chi connectivity index (χ2v) is 4.99. The van der Waals surface area contributed by atoms with Crippen LogP contribution in [-0.2, 0) is 20.7 Å². The van der Waals surface area contributed by atoms with Crippen molar-refractivity contribution >= 4 is 34.9 Å². The quantitative estimate of drug-likeness (QED) is 0.454. The molecule has 0 aromatic heterocycles. The Balaban J connectivity index is 3.02. The number of nitriles is 2. The molecule has 0 aliphatic rings. The highest BCUT2D eigenvalue weighted by Crippen LogP contribution is 2.22. The number of hydrazone groups is 1. The van der Waals surface area contributed by atoms with Crippen LogP contribution in [0.2, 0.25) is 5.02 Å². The summed E-state index contributed by atoms with van der Waals surface area (Å²) in [6.07, 6.45) is 0.105. The maximum absolute atomic E-state index is 11.8. The molecule has 1 aromatic rings. The average Bonchev–Trinajstić information content (AvgIpc) is 2.56. The molecule has 0 aliphatic heterocycles. The summed E-state index contributed by atoms with van der Waals surface area (Å²) in [4.78, 5) is 23.0. The van der Waals surface area contributed by atoms with E-state index in [1.165, 1.54) is 14.0 Å². The first kappa shape index (κ1) is 18.9. The van der Waals surface area contributed by atoms with Gasteiger partial charge in [-0.3, -0.25) is 10.2 Å². The highest BCUT2D eigenvalue weighted by molar-refractivity contribution is 6.31. The average molecular weight is 348 g/mol. The molecular formula is C15H14ClN5O3. The zero-order chi connectivity index (χ0) is 18.1. The lowest BCUT2D eigenvalue weighted by atomic mass is 10.0. The van der Waals surface area contributed by atoms with Crippen molar-refractivity contribution in [1.82, 2.24) is 5.32 Å². The predicted octanol–water partition coefficient (Wildman–Crippen LogP) is 1.38. The van der Waals surface area contributed by atoms with Gasteiger partial charge in [0.2, 0.25) is 11.6 Å². The van der Waals surface area contributed by atoms with Gasteiger partial charge in [0.15, 0.2) is 0 Å². The van der Waals surface area contributed by atoms with Crippen molar-refractivity contribution < 1.29 is 14.3 Å². The molecular weight excluding hydrogens is 334 g/mol. The molecule has 24 heavy (non-hydrogen) atoms. The van der Waals surface area contributed by atoms with Crippen LogP contribution in [0, 0.1) is 22.7 Å². The van der Waals surface area contributed by atoms with E-state index >= 15 is 0 Å². The van der Waals surface area contributed by atoms with Crippen LogP contribution in [0.15, 0.2) is 23.3 Å². The molecule has 124 valence electrons. The van der Waals surface area contributed by atoms with Crippen LogP contribution in [0.5, 0.6) is 0 Å². The van der Waals surface area contributed by atoms with Gasteiger partial charge in [-0.05, 0) is 23.8 Å². The number of anilines is 1. The van der Waals surface area contributed by atoms with E-state index in [2.05, 4.69) is 20.6 Å². The molecule has 0 fully saturated rings. The van der Waals surface area contributed by atoms with E-state index in [-0.39, 0.29) is 18.0 Å². The summed E-state index contributed by atoms with van der Waals surface area (Å²) < 4.78 is 4.66. The molecule has 1 rings (SSSR count). The maximum Gasteiger partial charge on any atom is 0.328 e. The zero-order valence-electron chi connectivity index (χ0n) is 13.0. The van der Waals surface area contributed by atoms with Gasteiger partial charge in [0.05, 0.1) is 12.8 Å². The number of carbonyl (C=O) groups is 2. The normalized spacial score (nSPS) is 10.5. The Labute approximate surface area is 143 Å². The number of hydrogen-bond donors (Lipinski definition) is 2. The van der Waals surface area contributed by atoms with Crippen molar-refractivity contribution in [3.8, 4) is 12.1 Å². The van der Waals surface area contributed by atoms with Crippen molar-refractivity contribution in [3.05, 3.63) is 28.8 Å². The minimum atomic E-state index is -0.891. The number of rotatable bonds is 6. The summed E-state index contributed by atoms with van der Waals surface area (Å²) in [6, 6.07) is 7.09. The van der Waals surface area contributed by atoms with Gasteiger partial charge in [-0.15, -0.1) is 0 Å². The van der Waals surface area contributed by atoms with Crippen LogP contribution in [0.3, 0.4) is 0 Å². The van der Waals surface area contributed by atoms with Gasteiger partial charge in [0.25, 0.3) is 0 Å². The standard InChI is InChI=1S/C15H14ClN5O3/c1-9(22)19-14(15(23)24-2)6-10-5-11(3-4-13(10)16)20-21-12(7-17)8-18/h3-5,14,20H,6H2,1-2H3,(H,19,22). The Morgan fingerprint density at radius 3 is 2.58 bits per heavy atom. The van der Waals surface area contributed by atoms with E-state index in [9.17, 15) is 9.59 Å². The highest BCUT2D eigenvalue weighted by atomic mass is 35.5. The number of hydrogen-bond acceptors (Lipinski definition) is 7. The number of carbonyl (C=O) groups excluding carboxylic acids is 2. The second kappa shape index (κ2) is 9.13. The molecule has 1 unspecified atom stereocenters. The van der Waals surface area contributed by atoms with Crippen molar-refractivity contribution in [3.63, 3.8) is 0 Å². The van der Waals surface area contributed by atoms with Crippen molar-refractivity contribution in [2.75, 3.05) is 12.5 Å². The van der Waals surface area contributed by atoms with Crippen molar-refractivity contribution in [1.29, 1.82) is 10.5 Å². The Morgan fingerprint density at radius 1 is 1.38 bits per heavy atom. The van der Waals surface area contributed by atoms with Crippen LogP contribution in [0.4, 0.5) is 5.69 Å². The molecule has 0 saturated heterocycles. The maximum atomic E-state index is 11.8. The fraction of sp³-hybridized carbons (Fsp3) is 0.267. The van der Waals surface area contributed by atoms with Crippen molar-refractivity contribution in [2.45, 2.75) is 19.4 Å². The third-order valence-corrected chi connectivity index (χ3v) is 3.21. The molecule has 1 aromatic carbocycles. The first-order valence-corrected chi connectivity index (χ1v) is 7.06. The molecule has 0 radical (unpaired) electrons. The van der Waals surface area contributed by atoms with Gasteiger partial charge in [0, 0.05) is 18.4 Å². The number of esters is 1. The fourth-order valence-corrected chi connectivity index (χ4v) is 1.99. The Bertz CT molecular complexity index is 732. The minimum absolute atomic E-state index is 0.105. The third kappa shape index (κ3) is 5.59. The molecule has 0 aliphatic carbocycles. The molecule has 1 amide bonds. The largest absolute Gasteiger partial charge is 0.467 e. The van der Waals surface area contributed by atoms with Gasteiger partial charge in [-0.1, -0.05) is 11.6 Å². The summed E-state index contributed by atoms with van der Waals surface area (Å²) in [6.45, 7) is 1.29. The first-order valence-electron chi connectivity index (χ1n) is 6.68. The number of halogens is 1. The zero-order valence-corrected chi connectivity index (χ0v) is 13.7. The van der Waals surface area contributed by atoms with Crippen molar-refractivity contribution in [2.24, 2.45) is 5.10 Å². The number of methoxy groups -OCH3 is 1. The molecule has 1 atom stereocenters. The molecule has 8 nitrogen and oxygen atoms in total. The highest BCUT2D eigenvalue weighted by Gasteiger charge is 2.21. The number of ether oxygens (including phenoxy) is 1. The van der Waals surface area contributed by atoms with Gasteiger partial charge >= 0.3 is 5.97 Å². The molecule has 0 heterocycles. The van der Waals surface area contributed by atoms with Gasteiger partial charge in [-0.25, -0.2) is 4.79 Å². The van der Waals surface area contributed by atoms with E-state index in [4.69, 9.17) is 22.1 Å². The predicted molar refractivity (Wildman–Crippen MR) is 87.1 cm³/mol. The number of benzene rings is 1. The summed E-state index contributed by atoms with van der Waals surface area (Å²) in [5, 5.41) is 23.8. The van der Waals surface area contributed by atoms with Crippen LogP contribution in [0.1, 0.15) is 12.5 Å². The van der Waals surface area contributed by atoms with Crippen LogP contribution >= 0.6 is 11.6 Å². The first-order chi connectivity index (χ1) is 11.4. The summed E-state index contributed by atoms with van der Waals surface area (Å²) in [5.74, 6) is -0.984. The van der Waals surface area contributed by atoms with E-state index in [1.54, 1.807) is 30.3 Å². The lowest BCUT2D eigenvalue weighted by Gasteiger charge is -2.16. The molecule has 0 saturated carbocycles. The van der Waals surface area contributed by atoms with Gasteiger partial charge < -0.3 is 10.1 Å². The summed E-state index contributed by atoms with van der Waals surface area (Å²) in [5.41, 5.74) is 3.23. The van der Waals surface area contributed by atoms with Gasteiger partial charge in [-0.2, -0.15) is 15.6 Å². The van der Waals surface area contributed by atoms with Gasteiger partial charge in [0.1, 0.15) is 18.2 Å². The number of nitrogens with zero attached hydrogens (tertiary/aromatic N) is 3. The van der Waals surface area contributed by atoms with E-state index in [1.807, 2.05) is 0 Å². The smallest absolute Gasteiger partial charge is 0.328 e. The molecule has 2 N–H and O–H groups in total. The summed E-state index contributed by atoms with van der Waals surface area (Å²) in [7, 11) is 1.22. The lowest BCUT2D eigenvalue weighted by molar-refractivity contribution is -0.144. The topological polar surface area (TPSA) is 127 Å². The Morgan fingerprint density at radius 2 is 2.04 bits per heavy atom. The molecule has 9 heteroatoms.